The number of ether oxygens (including phenoxy) is 1. The van der Waals surface area contributed by atoms with Crippen LogP contribution in [0.5, 0.6) is 0 Å². The van der Waals surface area contributed by atoms with E-state index in [0.717, 1.165) is 24.3 Å². The largest absolute Gasteiger partial charge is 0.461 e. The van der Waals surface area contributed by atoms with Crippen LogP contribution in [0, 0.1) is 5.92 Å². The van der Waals surface area contributed by atoms with Gasteiger partial charge in [0.1, 0.15) is 6.61 Å². The molecule has 0 saturated heterocycles. The number of esters is 1. The summed E-state index contributed by atoms with van der Waals surface area (Å²) in [5, 5.41) is 0. The number of unbranched alkanes of at least 4 members (excludes halogenated alkanes) is 2. The van der Waals surface area contributed by atoms with E-state index >= 15 is 0 Å². The number of hydrogen-bond acceptors (Lipinski definition) is 2. The Morgan fingerprint density at radius 1 is 1.11 bits per heavy atom. The highest BCUT2D eigenvalue weighted by Crippen LogP contribution is 2.10. The third-order valence-electron chi connectivity index (χ3n) is 2.91. The molecule has 0 aliphatic carbocycles. The van der Waals surface area contributed by atoms with Gasteiger partial charge < -0.3 is 4.74 Å². The van der Waals surface area contributed by atoms with Crippen molar-refractivity contribution >= 4 is 5.97 Å². The first kappa shape index (κ1) is 14.7. The topological polar surface area (TPSA) is 26.3 Å². The second kappa shape index (κ2) is 8.73. The van der Waals surface area contributed by atoms with Crippen molar-refractivity contribution in [3.63, 3.8) is 0 Å². The molecule has 0 bridgehead atoms. The summed E-state index contributed by atoms with van der Waals surface area (Å²) < 4.78 is 5.22. The lowest BCUT2D eigenvalue weighted by atomic mass is 10.0. The molecule has 2 nitrogen and oxygen atoms in total. The predicted molar refractivity (Wildman–Crippen MR) is 74.2 cm³/mol. The second-order valence-electron chi connectivity index (χ2n) is 5.14. The molecular formula is C16H24O2. The van der Waals surface area contributed by atoms with Gasteiger partial charge in [-0.15, -0.1) is 0 Å². The number of carbonyl (C=O) groups is 1. The van der Waals surface area contributed by atoms with Gasteiger partial charge >= 0.3 is 5.97 Å². The summed E-state index contributed by atoms with van der Waals surface area (Å²) in [6, 6.07) is 9.80. The minimum Gasteiger partial charge on any atom is -0.461 e. The maximum absolute atomic E-state index is 11.5. The number of rotatable bonds is 8. The normalized spacial score (nSPS) is 10.6. The van der Waals surface area contributed by atoms with Gasteiger partial charge in [-0.3, -0.25) is 4.79 Å². The van der Waals surface area contributed by atoms with E-state index in [0.29, 0.717) is 13.0 Å². The molecule has 0 saturated carbocycles. The van der Waals surface area contributed by atoms with Crippen LogP contribution in [0.4, 0.5) is 0 Å². The minimum absolute atomic E-state index is 0.0802. The molecule has 0 aliphatic heterocycles. The van der Waals surface area contributed by atoms with E-state index in [1.807, 2.05) is 30.3 Å². The van der Waals surface area contributed by atoms with Gasteiger partial charge in [-0.2, -0.15) is 0 Å². The molecule has 18 heavy (non-hydrogen) atoms. The van der Waals surface area contributed by atoms with Crippen LogP contribution in [-0.2, 0) is 16.1 Å². The van der Waals surface area contributed by atoms with Gasteiger partial charge in [0.2, 0.25) is 0 Å². The lowest BCUT2D eigenvalue weighted by Crippen LogP contribution is -2.04. The molecule has 2 heteroatoms. The summed E-state index contributed by atoms with van der Waals surface area (Å²) >= 11 is 0. The van der Waals surface area contributed by atoms with Crippen LogP contribution in [0.2, 0.25) is 0 Å². The lowest BCUT2D eigenvalue weighted by molar-refractivity contribution is -0.145. The zero-order chi connectivity index (χ0) is 13.2. The molecule has 0 aliphatic rings. The molecule has 1 aromatic carbocycles. The highest BCUT2D eigenvalue weighted by Gasteiger charge is 2.03. The van der Waals surface area contributed by atoms with Crippen LogP contribution in [-0.4, -0.2) is 5.97 Å². The molecule has 0 aromatic heterocycles. The maximum Gasteiger partial charge on any atom is 0.306 e. The Kier molecular flexibility index (Phi) is 7.16. The van der Waals surface area contributed by atoms with Gasteiger partial charge in [0.25, 0.3) is 0 Å². The first-order valence-corrected chi connectivity index (χ1v) is 6.88. The van der Waals surface area contributed by atoms with Crippen LogP contribution in [0.3, 0.4) is 0 Å². The molecule has 0 N–H and O–H groups in total. The van der Waals surface area contributed by atoms with E-state index in [1.54, 1.807) is 0 Å². The molecular weight excluding hydrogens is 224 g/mol. The summed E-state index contributed by atoms with van der Waals surface area (Å²) in [6.45, 7) is 4.86. The Bertz CT molecular complexity index is 330. The van der Waals surface area contributed by atoms with Crippen LogP contribution in [0.15, 0.2) is 30.3 Å². The maximum atomic E-state index is 11.5. The molecule has 0 amide bonds. The first-order valence-electron chi connectivity index (χ1n) is 6.88. The van der Waals surface area contributed by atoms with Crippen molar-refractivity contribution in [1.82, 2.24) is 0 Å². The molecule has 0 atom stereocenters. The van der Waals surface area contributed by atoms with Crippen molar-refractivity contribution in [2.24, 2.45) is 5.92 Å². The Morgan fingerprint density at radius 3 is 2.50 bits per heavy atom. The van der Waals surface area contributed by atoms with E-state index in [-0.39, 0.29) is 5.97 Å². The highest BCUT2D eigenvalue weighted by atomic mass is 16.5. The van der Waals surface area contributed by atoms with Gasteiger partial charge in [-0.1, -0.05) is 63.4 Å². The zero-order valence-corrected chi connectivity index (χ0v) is 11.5. The van der Waals surface area contributed by atoms with E-state index in [1.165, 1.54) is 12.8 Å². The minimum atomic E-state index is -0.0802. The molecule has 100 valence electrons. The molecule has 0 radical (unpaired) electrons. The monoisotopic (exact) mass is 248 g/mol. The Balaban J connectivity index is 2.04. The van der Waals surface area contributed by atoms with Crippen molar-refractivity contribution in [2.45, 2.75) is 52.6 Å². The average molecular weight is 248 g/mol. The van der Waals surface area contributed by atoms with Crippen molar-refractivity contribution in [2.75, 3.05) is 0 Å². The van der Waals surface area contributed by atoms with E-state index in [9.17, 15) is 4.79 Å². The Morgan fingerprint density at radius 2 is 1.83 bits per heavy atom. The molecule has 0 heterocycles. The summed E-state index contributed by atoms with van der Waals surface area (Å²) in [5.41, 5.74) is 1.05. The standard InChI is InChI=1S/C16H24O2/c1-14(2)9-5-3-8-12-16(17)18-13-15-10-6-4-7-11-15/h4,6-7,10-11,14H,3,5,8-9,12-13H2,1-2H3. The van der Waals surface area contributed by atoms with Crippen LogP contribution in [0.25, 0.3) is 0 Å². The number of carbonyl (C=O) groups excluding carboxylic acids is 1. The van der Waals surface area contributed by atoms with Crippen molar-refractivity contribution in [3.8, 4) is 0 Å². The predicted octanol–water partition coefficient (Wildman–Crippen LogP) is 4.34. The summed E-state index contributed by atoms with van der Waals surface area (Å²) in [4.78, 5) is 11.5. The second-order valence-corrected chi connectivity index (χ2v) is 5.14. The van der Waals surface area contributed by atoms with Gasteiger partial charge in [0.15, 0.2) is 0 Å². The van der Waals surface area contributed by atoms with Crippen molar-refractivity contribution in [1.29, 1.82) is 0 Å². The van der Waals surface area contributed by atoms with Gasteiger partial charge in [0, 0.05) is 6.42 Å². The fourth-order valence-electron chi connectivity index (χ4n) is 1.81. The fraction of sp³-hybridized carbons (Fsp3) is 0.562. The molecule has 1 aromatic rings. The third kappa shape index (κ3) is 7.10. The smallest absolute Gasteiger partial charge is 0.306 e. The fourth-order valence-corrected chi connectivity index (χ4v) is 1.81. The zero-order valence-electron chi connectivity index (χ0n) is 11.5. The highest BCUT2D eigenvalue weighted by molar-refractivity contribution is 5.69. The quantitative estimate of drug-likeness (QED) is 0.505. The molecule has 0 spiro atoms. The first-order chi connectivity index (χ1) is 8.68. The van der Waals surface area contributed by atoms with Crippen molar-refractivity contribution in [3.05, 3.63) is 35.9 Å². The Hall–Kier alpha value is -1.31. The summed E-state index contributed by atoms with van der Waals surface area (Å²) in [5.74, 6) is 0.679. The van der Waals surface area contributed by atoms with E-state index in [2.05, 4.69) is 13.8 Å². The van der Waals surface area contributed by atoms with Crippen LogP contribution in [0.1, 0.15) is 51.5 Å². The lowest BCUT2D eigenvalue weighted by Gasteiger charge is -2.06. The summed E-state index contributed by atoms with van der Waals surface area (Å²) in [6.07, 6.45) is 5.08. The van der Waals surface area contributed by atoms with Gasteiger partial charge in [0.05, 0.1) is 0 Å². The van der Waals surface area contributed by atoms with Crippen LogP contribution >= 0.6 is 0 Å². The Labute approximate surface area is 110 Å². The third-order valence-corrected chi connectivity index (χ3v) is 2.91. The van der Waals surface area contributed by atoms with Gasteiger partial charge in [-0.05, 0) is 17.9 Å². The SMILES string of the molecule is CC(C)CCCCCC(=O)OCc1ccccc1. The van der Waals surface area contributed by atoms with E-state index in [4.69, 9.17) is 4.74 Å². The number of hydrogen-bond donors (Lipinski definition) is 0. The van der Waals surface area contributed by atoms with E-state index < -0.39 is 0 Å². The molecule has 1 rings (SSSR count). The molecule has 0 unspecified atom stereocenters. The molecule has 0 fully saturated rings. The number of benzene rings is 1. The van der Waals surface area contributed by atoms with Crippen molar-refractivity contribution < 1.29 is 9.53 Å². The van der Waals surface area contributed by atoms with Crippen LogP contribution < -0.4 is 0 Å². The summed E-state index contributed by atoms with van der Waals surface area (Å²) in [7, 11) is 0. The average Bonchev–Trinajstić information content (AvgIpc) is 2.37. The van der Waals surface area contributed by atoms with Gasteiger partial charge in [-0.25, -0.2) is 0 Å².